The normalized spacial score (nSPS) is 35.6. The van der Waals surface area contributed by atoms with Gasteiger partial charge in [0.15, 0.2) is 0 Å². The second kappa shape index (κ2) is 6.01. The van der Waals surface area contributed by atoms with Gasteiger partial charge < -0.3 is 19.8 Å². The molecule has 0 aromatic carbocycles. The first-order chi connectivity index (χ1) is 9.49. The molecule has 3 rings (SSSR count). The molecule has 7 heteroatoms. The van der Waals surface area contributed by atoms with Crippen molar-refractivity contribution in [1.82, 2.24) is 4.90 Å². The van der Waals surface area contributed by atoms with Crippen molar-refractivity contribution in [2.45, 2.75) is 44.4 Å². The Labute approximate surface area is 145 Å². The number of ether oxygens (including phenoxy) is 1. The fourth-order valence-electron chi connectivity index (χ4n) is 4.08. The molecule has 6 nitrogen and oxygen atoms in total. The average Bonchev–Trinajstić information content (AvgIpc) is 2.69. The van der Waals surface area contributed by atoms with E-state index in [1.54, 1.807) is 14.0 Å². The van der Waals surface area contributed by atoms with Gasteiger partial charge in [0.1, 0.15) is 5.70 Å². The number of hydrogen-bond acceptors (Lipinski definition) is 4. The number of methoxy groups -OCH3 is 1. The van der Waals surface area contributed by atoms with E-state index < -0.39 is 18.0 Å². The third-order valence-electron chi connectivity index (χ3n) is 4.85. The maximum atomic E-state index is 12.2. The predicted octanol–water partition coefficient (Wildman–Crippen LogP) is -0.287. The minimum absolute atomic E-state index is 0. The van der Waals surface area contributed by atoms with Gasteiger partial charge in [-0.25, -0.2) is 4.79 Å². The molecule has 1 aliphatic carbocycles. The van der Waals surface area contributed by atoms with Crippen molar-refractivity contribution in [3.63, 3.8) is 0 Å². The standard InChI is InChI=1S/C14H19NO5.Na.H/c1-6(16)9-11-7-4-3-5-8(20-2)10(7)12(14(18)19)15(11)13(9)17;;/h6-9,11,16H,3-5H2,1-2H3,(H,18,19);;/t6-,7+,8+,9-,11-;;/m1../s1. The van der Waals surface area contributed by atoms with E-state index in [-0.39, 0.29) is 59.2 Å². The Balaban J connectivity index is 0.00000161. The Bertz CT molecular complexity index is 504. The number of aliphatic hydroxyl groups excluding tert-OH is 1. The molecule has 2 aliphatic heterocycles. The number of aliphatic carboxylic acids is 1. The van der Waals surface area contributed by atoms with Crippen LogP contribution in [0.4, 0.5) is 0 Å². The van der Waals surface area contributed by atoms with Crippen LogP contribution in [0.3, 0.4) is 0 Å². The van der Waals surface area contributed by atoms with E-state index in [4.69, 9.17) is 4.74 Å². The van der Waals surface area contributed by atoms with Crippen molar-refractivity contribution in [3.8, 4) is 0 Å². The summed E-state index contributed by atoms with van der Waals surface area (Å²) in [5.41, 5.74) is 0.834. The third kappa shape index (κ3) is 2.28. The van der Waals surface area contributed by atoms with Crippen LogP contribution in [0.2, 0.25) is 0 Å². The number of carbonyl (C=O) groups excluding carboxylic acids is 1. The van der Waals surface area contributed by atoms with E-state index in [2.05, 4.69) is 0 Å². The van der Waals surface area contributed by atoms with Gasteiger partial charge in [-0.3, -0.25) is 4.79 Å². The number of carbonyl (C=O) groups is 2. The minimum atomic E-state index is -1.08. The van der Waals surface area contributed by atoms with E-state index in [9.17, 15) is 19.8 Å². The molecule has 21 heavy (non-hydrogen) atoms. The monoisotopic (exact) mass is 305 g/mol. The number of β-lactam (4-membered cyclic amide) rings is 1. The van der Waals surface area contributed by atoms with Crippen LogP contribution in [0.25, 0.3) is 0 Å². The molecule has 0 radical (unpaired) electrons. The molecule has 5 atom stereocenters. The molecular weight excluding hydrogens is 285 g/mol. The van der Waals surface area contributed by atoms with Gasteiger partial charge in [0.25, 0.3) is 0 Å². The topological polar surface area (TPSA) is 87.1 Å². The second-order valence-corrected chi connectivity index (χ2v) is 5.84. The third-order valence-corrected chi connectivity index (χ3v) is 4.85. The Morgan fingerprint density at radius 3 is 2.62 bits per heavy atom. The van der Waals surface area contributed by atoms with E-state index in [1.165, 1.54) is 4.90 Å². The fourth-order valence-corrected chi connectivity index (χ4v) is 4.08. The predicted molar refractivity (Wildman–Crippen MR) is 75.8 cm³/mol. The van der Waals surface area contributed by atoms with E-state index in [0.717, 1.165) is 24.8 Å². The molecule has 0 bridgehead atoms. The quantitative estimate of drug-likeness (QED) is 0.553. The summed E-state index contributed by atoms with van der Waals surface area (Å²) in [7, 11) is 1.57. The SMILES string of the molecule is CO[C@H]1CCC[C@H]2C1=C(C(=O)O)N1C(=O)[C@H]([C@@H](C)O)[C@@H]21.[NaH]. The summed E-state index contributed by atoms with van der Waals surface area (Å²) in [4.78, 5) is 25.1. The van der Waals surface area contributed by atoms with Crippen molar-refractivity contribution >= 4 is 41.4 Å². The first-order valence-corrected chi connectivity index (χ1v) is 7.00. The molecule has 1 saturated carbocycles. The Hall–Kier alpha value is -0.400. The zero-order chi connectivity index (χ0) is 14.6. The molecule has 1 amide bonds. The summed E-state index contributed by atoms with van der Waals surface area (Å²) < 4.78 is 5.42. The van der Waals surface area contributed by atoms with E-state index in [1.807, 2.05) is 0 Å². The van der Waals surface area contributed by atoms with E-state index in [0.29, 0.717) is 0 Å². The van der Waals surface area contributed by atoms with Crippen LogP contribution >= 0.6 is 0 Å². The Morgan fingerprint density at radius 1 is 1.43 bits per heavy atom. The first-order valence-electron chi connectivity index (χ1n) is 7.00. The van der Waals surface area contributed by atoms with Crippen LogP contribution in [0.15, 0.2) is 11.3 Å². The van der Waals surface area contributed by atoms with Gasteiger partial charge in [-0.1, -0.05) is 0 Å². The van der Waals surface area contributed by atoms with Crippen molar-refractivity contribution in [1.29, 1.82) is 0 Å². The van der Waals surface area contributed by atoms with Crippen molar-refractivity contribution < 1.29 is 24.5 Å². The Morgan fingerprint density at radius 2 is 2.10 bits per heavy atom. The number of fused-ring (bicyclic) bond motifs is 3. The first kappa shape index (κ1) is 17.0. The number of nitrogens with zero attached hydrogens (tertiary/aromatic N) is 1. The summed E-state index contributed by atoms with van der Waals surface area (Å²) in [5.74, 6) is -1.83. The van der Waals surface area contributed by atoms with Crippen molar-refractivity contribution in [3.05, 3.63) is 11.3 Å². The molecule has 2 N–H and O–H groups in total. The van der Waals surface area contributed by atoms with Crippen LogP contribution in [-0.4, -0.2) is 81.9 Å². The summed E-state index contributed by atoms with van der Waals surface area (Å²) in [6.45, 7) is 1.59. The second-order valence-electron chi connectivity index (χ2n) is 5.84. The fraction of sp³-hybridized carbons (Fsp3) is 0.714. The van der Waals surface area contributed by atoms with Gasteiger partial charge >= 0.3 is 35.5 Å². The maximum absolute atomic E-state index is 12.2. The van der Waals surface area contributed by atoms with Crippen molar-refractivity contribution in [2.75, 3.05) is 7.11 Å². The molecule has 2 fully saturated rings. The molecule has 0 aromatic rings. The Kier molecular flexibility index (Phi) is 4.85. The average molecular weight is 305 g/mol. The number of amides is 1. The summed E-state index contributed by atoms with van der Waals surface area (Å²) in [6.07, 6.45) is 1.61. The van der Waals surface area contributed by atoms with Crippen LogP contribution in [0, 0.1) is 11.8 Å². The number of aliphatic hydroxyl groups is 1. The molecule has 2 heterocycles. The van der Waals surface area contributed by atoms with Crippen molar-refractivity contribution in [2.24, 2.45) is 11.8 Å². The van der Waals surface area contributed by atoms with E-state index >= 15 is 0 Å². The number of hydrogen-bond donors (Lipinski definition) is 2. The summed E-state index contributed by atoms with van der Waals surface area (Å²) in [5, 5.41) is 19.2. The molecule has 0 aromatic heterocycles. The van der Waals surface area contributed by atoms with Crippen LogP contribution in [-0.2, 0) is 14.3 Å². The zero-order valence-corrected chi connectivity index (χ0v) is 11.6. The number of rotatable bonds is 3. The van der Waals surface area contributed by atoms with Gasteiger partial charge in [-0.05, 0) is 31.8 Å². The van der Waals surface area contributed by atoms with Gasteiger partial charge in [-0.15, -0.1) is 0 Å². The van der Waals surface area contributed by atoms with Crippen LogP contribution < -0.4 is 0 Å². The molecule has 1 saturated heterocycles. The van der Waals surface area contributed by atoms with Gasteiger partial charge in [0.05, 0.1) is 24.2 Å². The van der Waals surface area contributed by atoms with Gasteiger partial charge in [0.2, 0.25) is 5.91 Å². The molecule has 112 valence electrons. The molecule has 0 unspecified atom stereocenters. The molecule has 0 spiro atoms. The molecule has 3 aliphatic rings. The van der Waals surface area contributed by atoms with Gasteiger partial charge in [0, 0.05) is 13.0 Å². The van der Waals surface area contributed by atoms with Crippen LogP contribution in [0.5, 0.6) is 0 Å². The molecular formula is C14H20NNaO5. The summed E-state index contributed by atoms with van der Waals surface area (Å²) in [6, 6.07) is -0.207. The van der Waals surface area contributed by atoms with Crippen LogP contribution in [0.1, 0.15) is 26.2 Å². The summed E-state index contributed by atoms with van der Waals surface area (Å²) >= 11 is 0. The van der Waals surface area contributed by atoms with Gasteiger partial charge in [-0.2, -0.15) is 0 Å². The number of carboxylic acids is 1. The zero-order valence-electron chi connectivity index (χ0n) is 11.6. The number of carboxylic acid groups (broad SMARTS) is 1.